The molecule has 1 fully saturated rings. The second kappa shape index (κ2) is 4.19. The summed E-state index contributed by atoms with van der Waals surface area (Å²) >= 11 is 1.61. The zero-order chi connectivity index (χ0) is 10.9. The Morgan fingerprint density at radius 3 is 2.67 bits per heavy atom. The van der Waals surface area contributed by atoms with E-state index in [9.17, 15) is 8.42 Å². The molecule has 15 heavy (non-hydrogen) atoms. The molecule has 0 aromatic carbocycles. The molecule has 6 heteroatoms. The molecule has 0 spiro atoms. The molecule has 1 aliphatic heterocycles. The van der Waals surface area contributed by atoms with Gasteiger partial charge in [-0.2, -0.15) is 0 Å². The van der Waals surface area contributed by atoms with E-state index in [2.05, 4.69) is 4.98 Å². The lowest BCUT2D eigenvalue weighted by atomic mass is 10.0. The van der Waals surface area contributed by atoms with E-state index in [0.717, 1.165) is 17.8 Å². The number of hydrogen-bond acceptors (Lipinski definition) is 5. The molecule has 2 rings (SSSR count). The maximum absolute atomic E-state index is 11.3. The summed E-state index contributed by atoms with van der Waals surface area (Å²) in [5.41, 5.74) is 5.49. The van der Waals surface area contributed by atoms with Gasteiger partial charge in [0, 0.05) is 17.6 Å². The highest BCUT2D eigenvalue weighted by molar-refractivity contribution is 7.91. The molecule has 1 saturated heterocycles. The van der Waals surface area contributed by atoms with Gasteiger partial charge in [0.2, 0.25) is 0 Å². The highest BCUT2D eigenvalue weighted by Gasteiger charge is 2.25. The molecule has 0 radical (unpaired) electrons. The van der Waals surface area contributed by atoms with E-state index in [1.54, 1.807) is 11.3 Å². The molecule has 0 unspecified atom stereocenters. The average molecular weight is 246 g/mol. The van der Waals surface area contributed by atoms with Crippen molar-refractivity contribution in [2.24, 2.45) is 5.73 Å². The summed E-state index contributed by atoms with van der Waals surface area (Å²) in [7, 11) is -2.76. The highest BCUT2D eigenvalue weighted by atomic mass is 32.2. The molecule has 0 bridgehead atoms. The minimum absolute atomic E-state index is 0.313. The van der Waals surface area contributed by atoms with Crippen molar-refractivity contribution in [3.63, 3.8) is 0 Å². The third-order valence-electron chi connectivity index (χ3n) is 2.70. The number of nitrogens with zero attached hydrogens (tertiary/aromatic N) is 1. The number of sulfone groups is 1. The van der Waals surface area contributed by atoms with E-state index >= 15 is 0 Å². The fourth-order valence-corrected chi connectivity index (χ4v) is 4.24. The van der Waals surface area contributed by atoms with Gasteiger partial charge in [0.05, 0.1) is 11.5 Å². The van der Waals surface area contributed by atoms with Gasteiger partial charge in [-0.15, -0.1) is 11.3 Å². The number of rotatable bonds is 2. The van der Waals surface area contributed by atoms with Gasteiger partial charge in [-0.3, -0.25) is 0 Å². The van der Waals surface area contributed by atoms with E-state index in [0.29, 0.717) is 24.0 Å². The molecule has 4 nitrogen and oxygen atoms in total. The molecule has 1 aromatic rings. The Balaban J connectivity index is 2.07. The van der Waals surface area contributed by atoms with Crippen LogP contribution in [0.3, 0.4) is 0 Å². The van der Waals surface area contributed by atoms with Crippen LogP contribution in [-0.2, 0) is 16.4 Å². The smallest absolute Gasteiger partial charge is 0.150 e. The van der Waals surface area contributed by atoms with Crippen molar-refractivity contribution in [2.45, 2.75) is 25.3 Å². The Hall–Kier alpha value is -0.460. The van der Waals surface area contributed by atoms with Gasteiger partial charge < -0.3 is 5.73 Å². The molecule has 1 aliphatic rings. The fraction of sp³-hybridized carbons (Fsp3) is 0.667. The SMILES string of the molecule is NCc1ncc(C2CCS(=O)(=O)CC2)s1. The molecule has 0 aliphatic carbocycles. The van der Waals surface area contributed by atoms with Crippen LogP contribution in [-0.4, -0.2) is 24.9 Å². The first kappa shape index (κ1) is 11.0. The standard InChI is InChI=1S/C9H14N2O2S2/c10-5-9-11-6-8(14-9)7-1-3-15(12,13)4-2-7/h6-7H,1-5,10H2. The quantitative estimate of drug-likeness (QED) is 0.841. The second-order valence-electron chi connectivity index (χ2n) is 3.79. The first-order valence-electron chi connectivity index (χ1n) is 4.96. The molecule has 2 N–H and O–H groups in total. The molecule has 84 valence electrons. The van der Waals surface area contributed by atoms with Crippen molar-refractivity contribution >= 4 is 21.2 Å². The maximum atomic E-state index is 11.3. The van der Waals surface area contributed by atoms with Crippen LogP contribution in [0.4, 0.5) is 0 Å². The Kier molecular flexibility index (Phi) is 3.08. The van der Waals surface area contributed by atoms with Crippen LogP contribution < -0.4 is 5.73 Å². The van der Waals surface area contributed by atoms with Crippen molar-refractivity contribution < 1.29 is 8.42 Å². The minimum atomic E-state index is -2.76. The van der Waals surface area contributed by atoms with Crippen LogP contribution >= 0.6 is 11.3 Å². The van der Waals surface area contributed by atoms with Crippen LogP contribution in [0.2, 0.25) is 0 Å². The summed E-state index contributed by atoms with van der Waals surface area (Å²) in [6.07, 6.45) is 3.30. The third-order valence-corrected chi connectivity index (χ3v) is 5.60. The summed E-state index contributed by atoms with van der Waals surface area (Å²) < 4.78 is 22.5. The van der Waals surface area contributed by atoms with Gasteiger partial charge in [-0.05, 0) is 18.8 Å². The first-order valence-corrected chi connectivity index (χ1v) is 7.59. The number of thiazole rings is 1. The van der Waals surface area contributed by atoms with E-state index < -0.39 is 9.84 Å². The van der Waals surface area contributed by atoms with Gasteiger partial charge in [0.15, 0.2) is 0 Å². The number of nitrogens with two attached hydrogens (primary N) is 1. The van der Waals surface area contributed by atoms with E-state index in [1.807, 2.05) is 6.20 Å². The fourth-order valence-electron chi connectivity index (χ4n) is 1.78. The lowest BCUT2D eigenvalue weighted by Gasteiger charge is -2.20. The predicted octanol–water partition coefficient (Wildman–Crippen LogP) is 0.894. The van der Waals surface area contributed by atoms with Crippen molar-refractivity contribution in [1.29, 1.82) is 0 Å². The first-order chi connectivity index (χ1) is 7.11. The second-order valence-corrected chi connectivity index (χ2v) is 7.24. The molecular formula is C9H14N2O2S2. The monoisotopic (exact) mass is 246 g/mol. The van der Waals surface area contributed by atoms with Crippen molar-refractivity contribution in [3.8, 4) is 0 Å². The zero-order valence-electron chi connectivity index (χ0n) is 8.35. The third kappa shape index (κ3) is 2.56. The molecule has 0 atom stereocenters. The summed E-state index contributed by atoms with van der Waals surface area (Å²) in [6, 6.07) is 0. The number of hydrogen-bond donors (Lipinski definition) is 1. The predicted molar refractivity (Wildman–Crippen MR) is 60.6 cm³/mol. The highest BCUT2D eigenvalue weighted by Crippen LogP contribution is 2.32. The molecule has 0 saturated carbocycles. The Morgan fingerprint density at radius 1 is 1.47 bits per heavy atom. The van der Waals surface area contributed by atoms with Crippen LogP contribution in [0.5, 0.6) is 0 Å². The summed E-state index contributed by atoms with van der Waals surface area (Å²) in [6.45, 7) is 0.468. The molecule has 2 heterocycles. The Bertz CT molecular complexity index is 425. The van der Waals surface area contributed by atoms with Gasteiger partial charge in [-0.1, -0.05) is 0 Å². The summed E-state index contributed by atoms with van der Waals surface area (Å²) in [4.78, 5) is 5.38. The minimum Gasteiger partial charge on any atom is -0.325 e. The van der Waals surface area contributed by atoms with Crippen molar-refractivity contribution in [1.82, 2.24) is 4.98 Å². The van der Waals surface area contributed by atoms with E-state index in [-0.39, 0.29) is 0 Å². The van der Waals surface area contributed by atoms with Crippen molar-refractivity contribution in [2.75, 3.05) is 11.5 Å². The Morgan fingerprint density at radius 2 is 2.13 bits per heavy atom. The lowest BCUT2D eigenvalue weighted by Crippen LogP contribution is -2.21. The molecule has 1 aromatic heterocycles. The lowest BCUT2D eigenvalue weighted by molar-refractivity contribution is 0.553. The van der Waals surface area contributed by atoms with Crippen LogP contribution in [0.1, 0.15) is 28.6 Å². The summed E-state index contributed by atoms with van der Waals surface area (Å²) in [5, 5.41) is 0.929. The van der Waals surface area contributed by atoms with Gasteiger partial charge in [0.1, 0.15) is 14.8 Å². The molecular weight excluding hydrogens is 232 g/mol. The normalized spacial score (nSPS) is 21.7. The number of aromatic nitrogens is 1. The average Bonchev–Trinajstić information content (AvgIpc) is 2.66. The molecule has 0 amide bonds. The van der Waals surface area contributed by atoms with E-state index in [4.69, 9.17) is 5.73 Å². The van der Waals surface area contributed by atoms with Crippen LogP contribution in [0.15, 0.2) is 6.20 Å². The summed E-state index contributed by atoms with van der Waals surface area (Å²) in [5.74, 6) is 0.993. The van der Waals surface area contributed by atoms with Gasteiger partial charge >= 0.3 is 0 Å². The topological polar surface area (TPSA) is 73.0 Å². The maximum Gasteiger partial charge on any atom is 0.150 e. The van der Waals surface area contributed by atoms with Crippen LogP contribution in [0, 0.1) is 0 Å². The zero-order valence-corrected chi connectivity index (χ0v) is 9.98. The largest absolute Gasteiger partial charge is 0.325 e. The van der Waals surface area contributed by atoms with E-state index in [1.165, 1.54) is 4.88 Å². The van der Waals surface area contributed by atoms with Gasteiger partial charge in [-0.25, -0.2) is 13.4 Å². The Labute approximate surface area is 93.4 Å². The van der Waals surface area contributed by atoms with Crippen LogP contribution in [0.25, 0.3) is 0 Å². The van der Waals surface area contributed by atoms with Gasteiger partial charge in [0.25, 0.3) is 0 Å². The van der Waals surface area contributed by atoms with Crippen molar-refractivity contribution in [3.05, 3.63) is 16.1 Å².